The summed E-state index contributed by atoms with van der Waals surface area (Å²) in [6, 6.07) is 11.8. The Balaban J connectivity index is 2.16. The second kappa shape index (κ2) is 10.5. The van der Waals surface area contributed by atoms with Crippen LogP contribution in [-0.4, -0.2) is 55.2 Å². The molecule has 1 fully saturated rings. The van der Waals surface area contributed by atoms with Gasteiger partial charge in [0.15, 0.2) is 0 Å². The maximum Gasteiger partial charge on any atom is 0.295 e. The van der Waals surface area contributed by atoms with Gasteiger partial charge in [0.2, 0.25) is 0 Å². The number of ether oxygens (including phenoxy) is 3. The van der Waals surface area contributed by atoms with Crippen LogP contribution >= 0.6 is 0 Å². The third-order valence-electron chi connectivity index (χ3n) is 5.92. The Kier molecular flexibility index (Phi) is 7.90. The van der Waals surface area contributed by atoms with E-state index in [2.05, 4.69) is 0 Å². The average Bonchev–Trinajstić information content (AvgIpc) is 3.06. The molecule has 7 heteroatoms. The number of methoxy groups -OCH3 is 2. The number of amides is 1. The van der Waals surface area contributed by atoms with E-state index < -0.39 is 17.7 Å². The van der Waals surface area contributed by atoms with Gasteiger partial charge < -0.3 is 24.2 Å². The molecule has 1 amide bonds. The van der Waals surface area contributed by atoms with Gasteiger partial charge in [0.1, 0.15) is 17.3 Å². The highest BCUT2D eigenvalue weighted by Gasteiger charge is 2.46. The van der Waals surface area contributed by atoms with Crippen molar-refractivity contribution in [3.8, 4) is 11.5 Å². The fourth-order valence-electron chi connectivity index (χ4n) is 4.24. The van der Waals surface area contributed by atoms with Crippen LogP contribution in [0.4, 0.5) is 0 Å². The zero-order valence-electron chi connectivity index (χ0n) is 21.5. The molecule has 0 bridgehead atoms. The molecule has 0 spiro atoms. The van der Waals surface area contributed by atoms with Crippen LogP contribution in [0.25, 0.3) is 5.76 Å². The molecule has 188 valence electrons. The van der Waals surface area contributed by atoms with Crippen LogP contribution in [0.3, 0.4) is 0 Å². The van der Waals surface area contributed by atoms with Gasteiger partial charge in [-0.3, -0.25) is 9.59 Å². The van der Waals surface area contributed by atoms with Crippen LogP contribution in [0.15, 0.2) is 48.0 Å². The van der Waals surface area contributed by atoms with Crippen molar-refractivity contribution in [2.24, 2.45) is 0 Å². The third kappa shape index (κ3) is 5.51. The summed E-state index contributed by atoms with van der Waals surface area (Å²) in [5, 5.41) is 11.4. The summed E-state index contributed by atoms with van der Waals surface area (Å²) in [6.07, 6.45) is 0.0141. The van der Waals surface area contributed by atoms with Gasteiger partial charge >= 0.3 is 0 Å². The minimum atomic E-state index is -0.751. The molecule has 1 atom stereocenters. The topological polar surface area (TPSA) is 85.3 Å². The molecule has 2 aromatic rings. The van der Waals surface area contributed by atoms with E-state index >= 15 is 0 Å². The number of aliphatic hydroxyl groups excluding tert-OH is 1. The lowest BCUT2D eigenvalue weighted by molar-refractivity contribution is -0.140. The summed E-state index contributed by atoms with van der Waals surface area (Å²) >= 11 is 0. The van der Waals surface area contributed by atoms with Crippen molar-refractivity contribution in [2.75, 3.05) is 27.4 Å². The molecule has 3 rings (SSSR count). The number of aliphatic hydroxyl groups is 1. The van der Waals surface area contributed by atoms with Gasteiger partial charge in [0, 0.05) is 24.8 Å². The lowest BCUT2D eigenvalue weighted by Gasteiger charge is -2.26. The molecule has 1 aliphatic rings. The molecular weight excluding hydrogens is 446 g/mol. The van der Waals surface area contributed by atoms with Gasteiger partial charge in [0.05, 0.1) is 31.4 Å². The van der Waals surface area contributed by atoms with Gasteiger partial charge in [-0.1, -0.05) is 32.9 Å². The quantitative estimate of drug-likeness (QED) is 0.330. The molecule has 1 saturated heterocycles. The van der Waals surface area contributed by atoms with E-state index in [1.54, 1.807) is 31.4 Å². The van der Waals surface area contributed by atoms with Crippen molar-refractivity contribution in [2.45, 2.75) is 52.2 Å². The predicted molar refractivity (Wildman–Crippen MR) is 135 cm³/mol. The zero-order chi connectivity index (χ0) is 25.9. The maximum atomic E-state index is 13.2. The monoisotopic (exact) mass is 481 g/mol. The van der Waals surface area contributed by atoms with Crippen molar-refractivity contribution in [3.05, 3.63) is 64.7 Å². The van der Waals surface area contributed by atoms with E-state index in [0.29, 0.717) is 22.6 Å². The number of rotatable bonds is 8. The normalized spacial score (nSPS) is 17.8. The molecule has 0 aliphatic carbocycles. The molecule has 2 aromatic carbocycles. The Morgan fingerprint density at radius 1 is 1.06 bits per heavy atom. The second-order valence-corrected chi connectivity index (χ2v) is 9.89. The highest BCUT2D eigenvalue weighted by Crippen LogP contribution is 2.41. The highest BCUT2D eigenvalue weighted by molar-refractivity contribution is 6.46. The molecule has 1 heterocycles. The smallest absolute Gasteiger partial charge is 0.295 e. The summed E-state index contributed by atoms with van der Waals surface area (Å²) < 4.78 is 16.4. The molecular formula is C28H35NO6. The fraction of sp³-hybridized carbons (Fsp3) is 0.429. The summed E-state index contributed by atoms with van der Waals surface area (Å²) in [6.45, 7) is 10.5. The Hall–Kier alpha value is -3.32. The van der Waals surface area contributed by atoms with Gasteiger partial charge in [-0.15, -0.1) is 0 Å². The van der Waals surface area contributed by atoms with Gasteiger partial charge in [-0.05, 0) is 55.2 Å². The molecule has 7 nitrogen and oxygen atoms in total. The van der Waals surface area contributed by atoms with Crippen LogP contribution in [-0.2, 0) is 19.7 Å². The number of hydrogen-bond donors (Lipinski definition) is 1. The molecule has 0 radical (unpaired) electrons. The first kappa shape index (κ1) is 26.3. The van der Waals surface area contributed by atoms with E-state index in [-0.39, 0.29) is 36.0 Å². The minimum Gasteiger partial charge on any atom is -0.507 e. The molecule has 0 aromatic heterocycles. The van der Waals surface area contributed by atoms with Crippen LogP contribution in [0.5, 0.6) is 11.5 Å². The SMILES string of the molecule is COCCN1C(=O)C(=O)/C(=C(\O)c2ccc(OC)c(C(C)(C)C)c2)C1c1ccc(OC(C)C)cc1. The zero-order valence-corrected chi connectivity index (χ0v) is 21.5. The Labute approximate surface area is 207 Å². The molecule has 1 N–H and O–H groups in total. The fourth-order valence-corrected chi connectivity index (χ4v) is 4.24. The maximum absolute atomic E-state index is 13.2. The number of likely N-dealkylation sites (tertiary alicyclic amines) is 1. The molecule has 35 heavy (non-hydrogen) atoms. The Morgan fingerprint density at radius 3 is 2.26 bits per heavy atom. The first-order valence-electron chi connectivity index (χ1n) is 11.7. The van der Waals surface area contributed by atoms with Crippen molar-refractivity contribution in [3.63, 3.8) is 0 Å². The number of carbonyl (C=O) groups excluding carboxylic acids is 2. The largest absolute Gasteiger partial charge is 0.507 e. The molecule has 0 saturated carbocycles. The van der Waals surface area contributed by atoms with Crippen LogP contribution in [0, 0.1) is 0 Å². The second-order valence-electron chi connectivity index (χ2n) is 9.89. The van der Waals surface area contributed by atoms with E-state index in [1.165, 1.54) is 12.0 Å². The predicted octanol–water partition coefficient (Wildman–Crippen LogP) is 4.85. The number of ketones is 1. The lowest BCUT2D eigenvalue weighted by atomic mass is 9.84. The van der Waals surface area contributed by atoms with Crippen molar-refractivity contribution >= 4 is 17.4 Å². The van der Waals surface area contributed by atoms with E-state index in [1.807, 2.05) is 52.8 Å². The summed E-state index contributed by atoms with van der Waals surface area (Å²) in [4.78, 5) is 27.7. The molecule has 1 aliphatic heterocycles. The highest BCUT2D eigenvalue weighted by atomic mass is 16.5. The number of nitrogens with zero attached hydrogens (tertiary/aromatic N) is 1. The first-order chi connectivity index (χ1) is 16.5. The van der Waals surface area contributed by atoms with Crippen molar-refractivity contribution in [1.29, 1.82) is 0 Å². The minimum absolute atomic E-state index is 0.0141. The van der Waals surface area contributed by atoms with Crippen molar-refractivity contribution in [1.82, 2.24) is 4.90 Å². The number of carbonyl (C=O) groups is 2. The van der Waals surface area contributed by atoms with Crippen LogP contribution in [0.1, 0.15) is 57.4 Å². The number of Topliss-reactive ketones (excluding diaryl/α,β-unsaturated/α-hetero) is 1. The number of hydrogen-bond acceptors (Lipinski definition) is 6. The van der Waals surface area contributed by atoms with Gasteiger partial charge in [-0.25, -0.2) is 0 Å². The molecule has 1 unspecified atom stereocenters. The Morgan fingerprint density at radius 2 is 1.71 bits per heavy atom. The third-order valence-corrected chi connectivity index (χ3v) is 5.92. The van der Waals surface area contributed by atoms with Gasteiger partial charge in [0.25, 0.3) is 11.7 Å². The Bertz CT molecular complexity index is 1110. The summed E-state index contributed by atoms with van der Waals surface area (Å²) in [5.74, 6) is -0.238. The first-order valence-corrected chi connectivity index (χ1v) is 11.7. The van der Waals surface area contributed by atoms with Crippen molar-refractivity contribution < 1.29 is 28.9 Å². The van der Waals surface area contributed by atoms with Gasteiger partial charge in [-0.2, -0.15) is 0 Å². The van der Waals surface area contributed by atoms with E-state index in [9.17, 15) is 14.7 Å². The lowest BCUT2D eigenvalue weighted by Crippen LogP contribution is -2.32. The summed E-state index contributed by atoms with van der Waals surface area (Å²) in [5.41, 5.74) is 1.81. The summed E-state index contributed by atoms with van der Waals surface area (Å²) in [7, 11) is 3.13. The number of benzene rings is 2. The van der Waals surface area contributed by atoms with Crippen LogP contribution in [0.2, 0.25) is 0 Å². The van der Waals surface area contributed by atoms with Crippen LogP contribution < -0.4 is 9.47 Å². The van der Waals surface area contributed by atoms with E-state index in [0.717, 1.165) is 5.56 Å². The van der Waals surface area contributed by atoms with E-state index in [4.69, 9.17) is 14.2 Å². The standard InChI is InChI=1S/C28H35NO6/c1-17(2)35-20-11-8-18(9-12-20)24-23(26(31)27(32)29(24)14-15-33-6)25(30)19-10-13-22(34-7)21(16-19)28(3,4)5/h8-13,16-17,24,30H,14-15H2,1-7H3/b25-23-. The average molecular weight is 482 g/mol.